The molecule has 1 unspecified atom stereocenters. The SMILES string of the molecule is CC1CN(CC(F)(F)CN)CCCO1. The van der Waals surface area contributed by atoms with Crippen LogP contribution in [0.4, 0.5) is 8.78 Å². The first-order valence-corrected chi connectivity index (χ1v) is 4.95. The summed E-state index contributed by atoms with van der Waals surface area (Å²) < 4.78 is 31.3. The van der Waals surface area contributed by atoms with E-state index in [1.807, 2.05) is 6.92 Å². The van der Waals surface area contributed by atoms with E-state index in [0.29, 0.717) is 19.7 Å². The topological polar surface area (TPSA) is 38.5 Å². The standard InChI is InChI=1S/C9H18F2N2O/c1-8-5-13(3-2-4-14-8)7-9(10,11)6-12/h8H,2-7,12H2,1H3. The summed E-state index contributed by atoms with van der Waals surface area (Å²) in [5, 5.41) is 0. The number of nitrogens with zero attached hydrogens (tertiary/aromatic N) is 1. The Morgan fingerprint density at radius 1 is 1.57 bits per heavy atom. The highest BCUT2D eigenvalue weighted by molar-refractivity contribution is 4.76. The van der Waals surface area contributed by atoms with Crippen LogP contribution in [0.25, 0.3) is 0 Å². The summed E-state index contributed by atoms with van der Waals surface area (Å²) >= 11 is 0. The maximum absolute atomic E-state index is 13.0. The minimum absolute atomic E-state index is 0.0334. The van der Waals surface area contributed by atoms with Crippen molar-refractivity contribution in [2.24, 2.45) is 5.73 Å². The van der Waals surface area contributed by atoms with Crippen LogP contribution in [0.2, 0.25) is 0 Å². The molecule has 1 saturated heterocycles. The molecule has 0 aromatic rings. The van der Waals surface area contributed by atoms with Gasteiger partial charge in [0.2, 0.25) is 0 Å². The smallest absolute Gasteiger partial charge is 0.272 e. The molecule has 2 N–H and O–H groups in total. The van der Waals surface area contributed by atoms with Gasteiger partial charge in [0.25, 0.3) is 5.92 Å². The number of ether oxygens (including phenoxy) is 1. The third-order valence-electron chi connectivity index (χ3n) is 2.29. The molecule has 0 aliphatic carbocycles. The van der Waals surface area contributed by atoms with Crippen molar-refractivity contribution in [1.29, 1.82) is 0 Å². The Labute approximate surface area is 83.2 Å². The van der Waals surface area contributed by atoms with Crippen LogP contribution in [0.3, 0.4) is 0 Å². The fourth-order valence-electron chi connectivity index (χ4n) is 1.62. The van der Waals surface area contributed by atoms with Gasteiger partial charge in [0.15, 0.2) is 0 Å². The van der Waals surface area contributed by atoms with E-state index in [-0.39, 0.29) is 12.6 Å². The van der Waals surface area contributed by atoms with Crippen LogP contribution in [-0.4, -0.2) is 49.7 Å². The third kappa shape index (κ3) is 3.86. The highest BCUT2D eigenvalue weighted by Gasteiger charge is 2.30. The number of rotatable bonds is 3. The predicted octanol–water partition coefficient (Wildman–Crippen LogP) is 0.691. The Balaban J connectivity index is 2.42. The average molecular weight is 208 g/mol. The van der Waals surface area contributed by atoms with Gasteiger partial charge >= 0.3 is 0 Å². The molecule has 0 aromatic carbocycles. The lowest BCUT2D eigenvalue weighted by Crippen LogP contribution is -2.43. The van der Waals surface area contributed by atoms with Gasteiger partial charge in [-0.15, -0.1) is 0 Å². The fourth-order valence-corrected chi connectivity index (χ4v) is 1.62. The van der Waals surface area contributed by atoms with Gasteiger partial charge in [-0.1, -0.05) is 0 Å². The molecule has 0 radical (unpaired) electrons. The molecule has 84 valence electrons. The lowest BCUT2D eigenvalue weighted by molar-refractivity contribution is -0.0283. The quantitative estimate of drug-likeness (QED) is 0.741. The second-order valence-corrected chi connectivity index (χ2v) is 3.83. The van der Waals surface area contributed by atoms with Gasteiger partial charge < -0.3 is 10.5 Å². The summed E-state index contributed by atoms with van der Waals surface area (Å²) in [6.45, 7) is 2.95. The summed E-state index contributed by atoms with van der Waals surface area (Å²) in [4.78, 5) is 1.73. The molecule has 0 amide bonds. The second-order valence-electron chi connectivity index (χ2n) is 3.83. The molecule has 0 saturated carbocycles. The van der Waals surface area contributed by atoms with E-state index in [0.717, 1.165) is 6.42 Å². The van der Waals surface area contributed by atoms with Gasteiger partial charge in [-0.25, -0.2) is 8.78 Å². The zero-order chi connectivity index (χ0) is 10.6. The maximum Gasteiger partial charge on any atom is 0.272 e. The molecular formula is C9H18F2N2O. The van der Waals surface area contributed by atoms with E-state index in [1.165, 1.54) is 0 Å². The minimum Gasteiger partial charge on any atom is -0.377 e. The van der Waals surface area contributed by atoms with Crippen LogP contribution < -0.4 is 5.73 Å². The molecule has 0 spiro atoms. The summed E-state index contributed by atoms with van der Waals surface area (Å²) in [6.07, 6.45) is 0.844. The number of halogens is 2. The van der Waals surface area contributed by atoms with E-state index in [1.54, 1.807) is 4.90 Å². The minimum atomic E-state index is -2.77. The average Bonchev–Trinajstić information content (AvgIpc) is 2.29. The van der Waals surface area contributed by atoms with Crippen LogP contribution in [0.5, 0.6) is 0 Å². The van der Waals surface area contributed by atoms with Crippen LogP contribution in [0.15, 0.2) is 0 Å². The second kappa shape index (κ2) is 5.00. The van der Waals surface area contributed by atoms with Gasteiger partial charge in [-0.2, -0.15) is 0 Å². The molecule has 1 rings (SSSR count). The Morgan fingerprint density at radius 2 is 2.29 bits per heavy atom. The Bertz CT molecular complexity index is 178. The van der Waals surface area contributed by atoms with E-state index >= 15 is 0 Å². The molecule has 0 bridgehead atoms. The first-order chi connectivity index (χ1) is 6.53. The molecule has 1 aliphatic rings. The van der Waals surface area contributed by atoms with Gasteiger partial charge in [0.1, 0.15) is 0 Å². The molecule has 1 fully saturated rings. The Hall–Kier alpha value is -0.260. The molecule has 0 aromatic heterocycles. The van der Waals surface area contributed by atoms with Crippen LogP contribution >= 0.6 is 0 Å². The first kappa shape index (κ1) is 11.8. The van der Waals surface area contributed by atoms with Crippen molar-refractivity contribution < 1.29 is 13.5 Å². The van der Waals surface area contributed by atoms with Crippen molar-refractivity contribution >= 4 is 0 Å². The Kier molecular flexibility index (Phi) is 4.22. The van der Waals surface area contributed by atoms with Crippen molar-refractivity contribution in [1.82, 2.24) is 4.90 Å². The zero-order valence-corrected chi connectivity index (χ0v) is 8.51. The predicted molar refractivity (Wildman–Crippen MR) is 50.5 cm³/mol. The number of alkyl halides is 2. The lowest BCUT2D eigenvalue weighted by Gasteiger charge is -2.26. The van der Waals surface area contributed by atoms with Crippen molar-refractivity contribution in [3.8, 4) is 0 Å². The van der Waals surface area contributed by atoms with Crippen LogP contribution in [0.1, 0.15) is 13.3 Å². The summed E-state index contributed by atoms with van der Waals surface area (Å²) in [6, 6.07) is 0. The van der Waals surface area contributed by atoms with E-state index < -0.39 is 12.5 Å². The van der Waals surface area contributed by atoms with Crippen molar-refractivity contribution in [2.45, 2.75) is 25.4 Å². The van der Waals surface area contributed by atoms with Gasteiger partial charge in [0.05, 0.1) is 19.2 Å². The van der Waals surface area contributed by atoms with Gasteiger partial charge in [-0.05, 0) is 13.3 Å². The molecular weight excluding hydrogens is 190 g/mol. The lowest BCUT2D eigenvalue weighted by atomic mass is 10.2. The molecule has 1 heterocycles. The third-order valence-corrected chi connectivity index (χ3v) is 2.29. The highest BCUT2D eigenvalue weighted by atomic mass is 19.3. The van der Waals surface area contributed by atoms with Gasteiger partial charge in [-0.3, -0.25) is 4.90 Å². The number of hydrogen-bond acceptors (Lipinski definition) is 3. The molecule has 3 nitrogen and oxygen atoms in total. The van der Waals surface area contributed by atoms with E-state index in [9.17, 15) is 8.78 Å². The van der Waals surface area contributed by atoms with E-state index in [4.69, 9.17) is 10.5 Å². The normalized spacial score (nSPS) is 26.1. The van der Waals surface area contributed by atoms with Crippen molar-refractivity contribution in [2.75, 3.05) is 32.8 Å². The summed E-state index contributed by atoms with van der Waals surface area (Å²) in [5.41, 5.74) is 4.99. The van der Waals surface area contributed by atoms with Gasteiger partial charge in [0, 0.05) is 19.7 Å². The molecule has 5 heteroatoms. The zero-order valence-electron chi connectivity index (χ0n) is 8.51. The molecule has 1 atom stereocenters. The van der Waals surface area contributed by atoms with Crippen molar-refractivity contribution in [3.05, 3.63) is 0 Å². The fraction of sp³-hybridized carbons (Fsp3) is 1.00. The van der Waals surface area contributed by atoms with Crippen LogP contribution in [0, 0.1) is 0 Å². The first-order valence-electron chi connectivity index (χ1n) is 4.95. The number of hydrogen-bond donors (Lipinski definition) is 1. The van der Waals surface area contributed by atoms with Crippen LogP contribution in [-0.2, 0) is 4.74 Å². The largest absolute Gasteiger partial charge is 0.377 e. The maximum atomic E-state index is 13.0. The monoisotopic (exact) mass is 208 g/mol. The van der Waals surface area contributed by atoms with E-state index in [2.05, 4.69) is 0 Å². The number of nitrogens with two attached hydrogens (primary N) is 1. The summed E-state index contributed by atoms with van der Waals surface area (Å²) in [7, 11) is 0. The summed E-state index contributed by atoms with van der Waals surface area (Å²) in [5.74, 6) is -2.77. The Morgan fingerprint density at radius 3 is 2.93 bits per heavy atom. The van der Waals surface area contributed by atoms with Crippen molar-refractivity contribution in [3.63, 3.8) is 0 Å². The molecule has 1 aliphatic heterocycles. The molecule has 14 heavy (non-hydrogen) atoms. The highest BCUT2D eigenvalue weighted by Crippen LogP contribution is 2.15.